The Bertz CT molecular complexity index is 2600. The van der Waals surface area contributed by atoms with Crippen LogP contribution in [-0.4, -0.2) is 0 Å². The van der Waals surface area contributed by atoms with Crippen LogP contribution in [0.5, 0.6) is 0 Å². The Balaban J connectivity index is 1.07. The van der Waals surface area contributed by atoms with Gasteiger partial charge in [0.05, 0.1) is 0 Å². The molecular weight excluding hydrogens is 637 g/mol. The molecule has 0 heteroatoms. The second-order valence-corrected chi connectivity index (χ2v) is 16.6. The number of benzene rings is 5. The topological polar surface area (TPSA) is 0 Å². The molecule has 5 aromatic rings. The van der Waals surface area contributed by atoms with Crippen molar-refractivity contribution >= 4 is 27.5 Å². The molecule has 53 heavy (non-hydrogen) atoms. The Morgan fingerprint density at radius 3 is 2.32 bits per heavy atom. The highest BCUT2D eigenvalue weighted by atomic mass is 14.5. The van der Waals surface area contributed by atoms with Crippen molar-refractivity contribution in [1.29, 1.82) is 0 Å². The third-order valence-electron chi connectivity index (χ3n) is 13.5. The molecule has 0 fully saturated rings. The summed E-state index contributed by atoms with van der Waals surface area (Å²) in [6, 6.07) is 41.7. The second kappa shape index (κ2) is 11.8. The average molecular weight is 681 g/mol. The summed E-state index contributed by atoms with van der Waals surface area (Å²) in [7, 11) is 0. The molecule has 0 bridgehead atoms. The van der Waals surface area contributed by atoms with Gasteiger partial charge >= 0.3 is 0 Å². The molecular formula is C53H44. The number of hydrogen-bond acceptors (Lipinski definition) is 0. The highest BCUT2D eigenvalue weighted by Gasteiger charge is 2.43. The van der Waals surface area contributed by atoms with Gasteiger partial charge in [-0.05, 0) is 115 Å². The summed E-state index contributed by atoms with van der Waals surface area (Å²) in [6.45, 7) is 4.81. The molecule has 0 amide bonds. The van der Waals surface area contributed by atoms with Crippen LogP contribution in [0.1, 0.15) is 102 Å². The van der Waals surface area contributed by atoms with Crippen LogP contribution in [0.4, 0.5) is 0 Å². The SMILES string of the molecule is CC1(C)C2=CC=C(c3ccc4c(c3)C3C=C(C5C=CC6=C(C=CCC6)C5)c5ccccc5C3C=C4c3ccc4ccccc4c3)CC2c2ccccc21. The average Bonchev–Trinajstić information content (AvgIpc) is 3.45. The van der Waals surface area contributed by atoms with E-state index in [9.17, 15) is 0 Å². The summed E-state index contributed by atoms with van der Waals surface area (Å²) in [4.78, 5) is 0. The molecule has 0 radical (unpaired) electrons. The van der Waals surface area contributed by atoms with Gasteiger partial charge in [-0.3, -0.25) is 0 Å². The van der Waals surface area contributed by atoms with Crippen molar-refractivity contribution in [3.63, 3.8) is 0 Å². The van der Waals surface area contributed by atoms with Crippen molar-refractivity contribution in [1.82, 2.24) is 0 Å². The zero-order valence-corrected chi connectivity index (χ0v) is 30.6. The fourth-order valence-electron chi connectivity index (χ4n) is 10.8. The lowest BCUT2D eigenvalue weighted by Crippen LogP contribution is -2.22. The van der Waals surface area contributed by atoms with E-state index >= 15 is 0 Å². The minimum absolute atomic E-state index is 0.0698. The predicted octanol–water partition coefficient (Wildman–Crippen LogP) is 13.6. The zero-order chi connectivity index (χ0) is 35.3. The first kappa shape index (κ1) is 31.1. The fourth-order valence-corrected chi connectivity index (χ4v) is 10.8. The molecule has 4 unspecified atom stereocenters. The van der Waals surface area contributed by atoms with Crippen LogP contribution in [-0.2, 0) is 5.41 Å². The van der Waals surface area contributed by atoms with Gasteiger partial charge in [-0.25, -0.2) is 0 Å². The first-order valence-electron chi connectivity index (χ1n) is 19.8. The number of hydrogen-bond donors (Lipinski definition) is 0. The molecule has 6 aliphatic carbocycles. The molecule has 4 atom stereocenters. The lowest BCUT2D eigenvalue weighted by molar-refractivity contribution is 0.615. The molecule has 6 aliphatic rings. The summed E-state index contributed by atoms with van der Waals surface area (Å²) in [6.07, 6.45) is 24.4. The molecule has 0 saturated carbocycles. The minimum Gasteiger partial charge on any atom is -0.0839 e. The van der Waals surface area contributed by atoms with Crippen LogP contribution in [0, 0.1) is 5.92 Å². The second-order valence-electron chi connectivity index (χ2n) is 16.6. The summed E-state index contributed by atoms with van der Waals surface area (Å²) in [5, 5.41) is 2.58. The molecule has 0 nitrogen and oxygen atoms in total. The molecule has 0 spiro atoms. The van der Waals surface area contributed by atoms with Gasteiger partial charge in [0.1, 0.15) is 0 Å². The molecule has 0 aromatic heterocycles. The summed E-state index contributed by atoms with van der Waals surface area (Å²) >= 11 is 0. The van der Waals surface area contributed by atoms with Gasteiger partial charge < -0.3 is 0 Å². The highest BCUT2D eigenvalue weighted by molar-refractivity contribution is 5.93. The van der Waals surface area contributed by atoms with Gasteiger partial charge in [-0.15, -0.1) is 0 Å². The van der Waals surface area contributed by atoms with Gasteiger partial charge in [0.25, 0.3) is 0 Å². The lowest BCUT2D eigenvalue weighted by Gasteiger charge is -2.39. The number of fused-ring (bicyclic) bond motifs is 9. The van der Waals surface area contributed by atoms with Crippen LogP contribution in [0.25, 0.3) is 27.5 Å². The Kier molecular flexibility index (Phi) is 6.91. The van der Waals surface area contributed by atoms with Crippen molar-refractivity contribution in [3.05, 3.63) is 219 Å². The summed E-state index contributed by atoms with van der Waals surface area (Å²) in [5.74, 6) is 1.36. The smallest absolute Gasteiger partial charge is 0.0137 e. The van der Waals surface area contributed by atoms with E-state index < -0.39 is 0 Å². The predicted molar refractivity (Wildman–Crippen MR) is 223 cm³/mol. The Labute approximate surface area is 314 Å². The van der Waals surface area contributed by atoms with Crippen molar-refractivity contribution in [2.75, 3.05) is 0 Å². The third-order valence-corrected chi connectivity index (χ3v) is 13.5. The van der Waals surface area contributed by atoms with E-state index in [1.165, 1.54) is 89.6 Å². The number of rotatable bonds is 3. The maximum Gasteiger partial charge on any atom is 0.0137 e. The standard InChI is InChI=1S/C53H44/c1-53(2)51-18-10-9-17-44(51)50-30-38(24-26-52(50)53)37-23-25-43-46(40-22-20-34-12-4-6-14-36(34)28-40)31-48-42-16-8-7-15-41(42)45(32-49(48)47(43)29-37)39-21-19-33-11-3-5-13-35(33)27-39/h4-10,12-26,28-29,31-32,39,48-50H,3,11,27,30H2,1-2H3. The Morgan fingerprint density at radius 1 is 0.604 bits per heavy atom. The molecule has 11 rings (SSSR count). The molecule has 0 N–H and O–H groups in total. The van der Waals surface area contributed by atoms with Crippen LogP contribution >= 0.6 is 0 Å². The maximum absolute atomic E-state index is 2.68. The largest absolute Gasteiger partial charge is 0.0839 e. The Morgan fingerprint density at radius 2 is 1.40 bits per heavy atom. The van der Waals surface area contributed by atoms with E-state index in [0.29, 0.717) is 11.8 Å². The van der Waals surface area contributed by atoms with Crippen LogP contribution < -0.4 is 0 Å². The van der Waals surface area contributed by atoms with Gasteiger partial charge in [0.15, 0.2) is 0 Å². The number of allylic oxidation sites excluding steroid dienone is 13. The van der Waals surface area contributed by atoms with Crippen molar-refractivity contribution in [3.8, 4) is 0 Å². The van der Waals surface area contributed by atoms with Crippen LogP contribution in [0.3, 0.4) is 0 Å². The first-order chi connectivity index (χ1) is 26.0. The van der Waals surface area contributed by atoms with E-state index in [-0.39, 0.29) is 17.3 Å². The van der Waals surface area contributed by atoms with Crippen molar-refractivity contribution in [2.45, 2.75) is 62.7 Å². The van der Waals surface area contributed by atoms with E-state index in [1.807, 2.05) is 0 Å². The van der Waals surface area contributed by atoms with Crippen LogP contribution in [0.15, 0.2) is 175 Å². The monoisotopic (exact) mass is 680 g/mol. The molecule has 5 aromatic carbocycles. The van der Waals surface area contributed by atoms with Gasteiger partial charge in [0, 0.05) is 29.1 Å². The van der Waals surface area contributed by atoms with Gasteiger partial charge in [0.2, 0.25) is 0 Å². The summed E-state index contributed by atoms with van der Waals surface area (Å²) in [5.41, 5.74) is 20.4. The molecule has 256 valence electrons. The van der Waals surface area contributed by atoms with Gasteiger partial charge in [-0.1, -0.05) is 171 Å². The first-order valence-corrected chi connectivity index (χ1v) is 19.8. The van der Waals surface area contributed by atoms with E-state index in [0.717, 1.165) is 19.3 Å². The highest BCUT2D eigenvalue weighted by Crippen LogP contribution is 2.57. The minimum atomic E-state index is 0.0698. The molecule has 0 aliphatic heterocycles. The third kappa shape index (κ3) is 4.81. The Hall–Kier alpha value is -5.46. The maximum atomic E-state index is 2.68. The fraction of sp³-hybridized carbons (Fsp3) is 0.208. The van der Waals surface area contributed by atoms with E-state index in [2.05, 4.69) is 172 Å². The summed E-state index contributed by atoms with van der Waals surface area (Å²) < 4.78 is 0. The van der Waals surface area contributed by atoms with E-state index in [4.69, 9.17) is 0 Å². The van der Waals surface area contributed by atoms with Crippen molar-refractivity contribution < 1.29 is 0 Å². The van der Waals surface area contributed by atoms with Gasteiger partial charge in [-0.2, -0.15) is 0 Å². The normalized spacial score (nSPS) is 24.5. The quantitative estimate of drug-likeness (QED) is 0.178. The lowest BCUT2D eigenvalue weighted by atomic mass is 9.65. The van der Waals surface area contributed by atoms with E-state index in [1.54, 1.807) is 5.57 Å². The van der Waals surface area contributed by atoms with Crippen LogP contribution in [0.2, 0.25) is 0 Å². The van der Waals surface area contributed by atoms with Crippen molar-refractivity contribution in [2.24, 2.45) is 5.92 Å². The molecule has 0 saturated heterocycles. The molecule has 0 heterocycles. The zero-order valence-electron chi connectivity index (χ0n) is 30.6.